The van der Waals surface area contributed by atoms with E-state index in [-0.39, 0.29) is 24.0 Å². The van der Waals surface area contributed by atoms with Gasteiger partial charge in [-0.1, -0.05) is 38.1 Å². The fraction of sp³-hybridized carbons (Fsp3) is 0.321. The number of benzene rings is 3. The Morgan fingerprint density at radius 2 is 1.51 bits per heavy atom. The molecule has 0 aliphatic rings. The number of rotatable bonds is 13. The molecule has 2 N–H and O–H groups in total. The summed E-state index contributed by atoms with van der Waals surface area (Å²) in [6, 6.07) is 17.4. The number of methoxy groups -OCH3 is 2. The lowest BCUT2D eigenvalue weighted by Crippen LogP contribution is -2.26. The van der Waals surface area contributed by atoms with Crippen LogP contribution in [0.3, 0.4) is 0 Å². The molecular weight excluding hydrogens is 492 g/mol. The number of para-hydroxylation sites is 1. The standard InChI is InChI=1S/C28H34N2O6S/c1-5-21-8-7-9-22(6-2)28(21)30-27(31)19-36-23-11-13-24(14-12-23)37(32,33)29-17-16-20-10-15-25(34-3)26(18-20)35-4/h7-15,18,29H,5-6,16-17,19H2,1-4H3,(H,30,31). The number of aryl methyl sites for hydroxylation is 2. The molecule has 0 radical (unpaired) electrons. The summed E-state index contributed by atoms with van der Waals surface area (Å²) in [6.45, 7) is 4.12. The second-order valence-electron chi connectivity index (χ2n) is 8.30. The van der Waals surface area contributed by atoms with E-state index in [9.17, 15) is 13.2 Å². The molecule has 8 nitrogen and oxygen atoms in total. The Labute approximate surface area is 219 Å². The molecule has 9 heteroatoms. The van der Waals surface area contributed by atoms with Crippen molar-refractivity contribution in [3.8, 4) is 17.2 Å². The average Bonchev–Trinajstić information content (AvgIpc) is 2.92. The zero-order valence-electron chi connectivity index (χ0n) is 21.7. The molecular formula is C28H34N2O6S. The first kappa shape index (κ1) is 28.0. The number of sulfonamides is 1. The van der Waals surface area contributed by atoms with Crippen LogP contribution in [-0.2, 0) is 34.1 Å². The lowest BCUT2D eigenvalue weighted by Gasteiger charge is -2.15. The highest BCUT2D eigenvalue weighted by Crippen LogP contribution is 2.27. The maximum absolute atomic E-state index is 12.7. The summed E-state index contributed by atoms with van der Waals surface area (Å²) >= 11 is 0. The van der Waals surface area contributed by atoms with Crippen LogP contribution in [0.25, 0.3) is 0 Å². The molecule has 1 amide bonds. The molecule has 0 bridgehead atoms. The Balaban J connectivity index is 1.54. The van der Waals surface area contributed by atoms with Crippen molar-refractivity contribution < 1.29 is 27.4 Å². The first-order valence-electron chi connectivity index (χ1n) is 12.1. The van der Waals surface area contributed by atoms with Crippen LogP contribution in [0.5, 0.6) is 17.2 Å². The van der Waals surface area contributed by atoms with Crippen molar-refractivity contribution in [2.45, 2.75) is 38.0 Å². The van der Waals surface area contributed by atoms with Crippen molar-refractivity contribution in [3.05, 3.63) is 77.4 Å². The summed E-state index contributed by atoms with van der Waals surface area (Å²) in [7, 11) is -0.590. The predicted molar refractivity (Wildman–Crippen MR) is 144 cm³/mol. The van der Waals surface area contributed by atoms with E-state index in [1.165, 1.54) is 24.3 Å². The Hall–Kier alpha value is -3.56. The van der Waals surface area contributed by atoms with Gasteiger partial charge in [-0.05, 0) is 72.4 Å². The molecule has 0 saturated heterocycles. The topological polar surface area (TPSA) is 103 Å². The van der Waals surface area contributed by atoms with Gasteiger partial charge < -0.3 is 19.5 Å². The smallest absolute Gasteiger partial charge is 0.262 e. The maximum Gasteiger partial charge on any atom is 0.262 e. The van der Waals surface area contributed by atoms with Gasteiger partial charge in [-0.3, -0.25) is 4.79 Å². The van der Waals surface area contributed by atoms with Crippen molar-refractivity contribution in [1.29, 1.82) is 0 Å². The second-order valence-corrected chi connectivity index (χ2v) is 10.1. The van der Waals surface area contributed by atoms with Crippen molar-refractivity contribution in [2.75, 3.05) is 32.7 Å². The number of hydrogen-bond donors (Lipinski definition) is 2. The molecule has 37 heavy (non-hydrogen) atoms. The zero-order chi connectivity index (χ0) is 26.8. The third-order valence-electron chi connectivity index (χ3n) is 5.92. The minimum Gasteiger partial charge on any atom is -0.493 e. The van der Waals surface area contributed by atoms with Crippen molar-refractivity contribution in [3.63, 3.8) is 0 Å². The van der Waals surface area contributed by atoms with E-state index >= 15 is 0 Å². The number of hydrogen-bond acceptors (Lipinski definition) is 6. The number of ether oxygens (including phenoxy) is 3. The van der Waals surface area contributed by atoms with Gasteiger partial charge in [0.05, 0.1) is 19.1 Å². The average molecular weight is 527 g/mol. The Morgan fingerprint density at radius 3 is 2.11 bits per heavy atom. The van der Waals surface area contributed by atoms with Gasteiger partial charge in [0.1, 0.15) is 5.75 Å². The van der Waals surface area contributed by atoms with E-state index in [4.69, 9.17) is 14.2 Å². The molecule has 3 aromatic carbocycles. The van der Waals surface area contributed by atoms with E-state index in [1.54, 1.807) is 20.3 Å². The van der Waals surface area contributed by atoms with Crippen LogP contribution in [-0.4, -0.2) is 41.7 Å². The second kappa shape index (κ2) is 13.1. The third-order valence-corrected chi connectivity index (χ3v) is 7.40. The Bertz CT molecular complexity index is 1280. The van der Waals surface area contributed by atoms with E-state index in [0.717, 1.165) is 35.2 Å². The molecule has 0 atom stereocenters. The van der Waals surface area contributed by atoms with Crippen LogP contribution in [0.15, 0.2) is 65.6 Å². The minimum atomic E-state index is -3.70. The summed E-state index contributed by atoms with van der Waals surface area (Å²) < 4.78 is 44.1. The van der Waals surface area contributed by atoms with Gasteiger partial charge in [-0.15, -0.1) is 0 Å². The van der Waals surface area contributed by atoms with Gasteiger partial charge in [-0.2, -0.15) is 0 Å². The molecule has 198 valence electrons. The summed E-state index contributed by atoms with van der Waals surface area (Å²) in [4.78, 5) is 12.6. The first-order chi connectivity index (χ1) is 17.8. The van der Waals surface area contributed by atoms with Crippen LogP contribution in [0.4, 0.5) is 5.69 Å². The van der Waals surface area contributed by atoms with Crippen molar-refractivity contribution in [1.82, 2.24) is 4.72 Å². The van der Waals surface area contributed by atoms with Gasteiger partial charge in [-0.25, -0.2) is 13.1 Å². The number of amides is 1. The van der Waals surface area contributed by atoms with Crippen molar-refractivity contribution >= 4 is 21.6 Å². The van der Waals surface area contributed by atoms with Crippen LogP contribution < -0.4 is 24.2 Å². The van der Waals surface area contributed by atoms with Gasteiger partial charge in [0, 0.05) is 12.2 Å². The molecule has 0 aliphatic carbocycles. The predicted octanol–water partition coefficient (Wildman–Crippen LogP) is 4.37. The maximum atomic E-state index is 12.7. The molecule has 3 rings (SSSR count). The van der Waals surface area contributed by atoms with Gasteiger partial charge in [0.15, 0.2) is 18.1 Å². The van der Waals surface area contributed by atoms with Gasteiger partial charge in [0.2, 0.25) is 10.0 Å². The highest BCUT2D eigenvalue weighted by Gasteiger charge is 2.15. The molecule has 0 aromatic heterocycles. The van der Waals surface area contributed by atoms with Crippen LogP contribution >= 0.6 is 0 Å². The van der Waals surface area contributed by atoms with Crippen molar-refractivity contribution in [2.24, 2.45) is 0 Å². The highest BCUT2D eigenvalue weighted by molar-refractivity contribution is 7.89. The molecule has 3 aromatic rings. The Kier molecular flexibility index (Phi) is 9.93. The van der Waals surface area contributed by atoms with E-state index < -0.39 is 10.0 Å². The molecule has 0 unspecified atom stereocenters. The molecule has 0 heterocycles. The van der Waals surface area contributed by atoms with Crippen LogP contribution in [0, 0.1) is 0 Å². The zero-order valence-corrected chi connectivity index (χ0v) is 22.5. The summed E-state index contributed by atoms with van der Waals surface area (Å²) in [5.41, 5.74) is 3.89. The minimum absolute atomic E-state index is 0.112. The van der Waals surface area contributed by atoms with Crippen LogP contribution in [0.1, 0.15) is 30.5 Å². The SMILES string of the molecule is CCc1cccc(CC)c1NC(=O)COc1ccc(S(=O)(=O)NCCc2ccc(OC)c(OC)c2)cc1. The first-order valence-corrected chi connectivity index (χ1v) is 13.6. The molecule has 0 fully saturated rings. The summed E-state index contributed by atoms with van der Waals surface area (Å²) in [6.07, 6.45) is 2.10. The fourth-order valence-corrected chi connectivity index (χ4v) is 4.92. The van der Waals surface area contributed by atoms with E-state index in [2.05, 4.69) is 10.0 Å². The molecule has 0 aliphatic heterocycles. The molecule has 0 spiro atoms. The quantitative estimate of drug-likeness (QED) is 0.343. The van der Waals surface area contributed by atoms with Gasteiger partial charge >= 0.3 is 0 Å². The van der Waals surface area contributed by atoms with Gasteiger partial charge in [0.25, 0.3) is 5.91 Å². The number of nitrogens with one attached hydrogen (secondary N) is 2. The third kappa shape index (κ3) is 7.47. The summed E-state index contributed by atoms with van der Waals surface area (Å²) in [5, 5.41) is 2.95. The highest BCUT2D eigenvalue weighted by atomic mass is 32.2. The number of carbonyl (C=O) groups excluding carboxylic acids is 1. The van der Waals surface area contributed by atoms with E-state index in [0.29, 0.717) is 23.7 Å². The normalized spacial score (nSPS) is 11.1. The lowest BCUT2D eigenvalue weighted by molar-refractivity contribution is -0.118. The lowest BCUT2D eigenvalue weighted by atomic mass is 10.0. The summed E-state index contributed by atoms with van der Waals surface area (Å²) in [5.74, 6) is 1.33. The number of anilines is 1. The largest absolute Gasteiger partial charge is 0.493 e. The monoisotopic (exact) mass is 526 g/mol. The Morgan fingerprint density at radius 1 is 0.865 bits per heavy atom. The number of carbonyl (C=O) groups is 1. The van der Waals surface area contributed by atoms with E-state index in [1.807, 2.05) is 44.2 Å². The van der Waals surface area contributed by atoms with Crippen LogP contribution in [0.2, 0.25) is 0 Å². The fourth-order valence-electron chi connectivity index (χ4n) is 3.89. The molecule has 0 saturated carbocycles.